The van der Waals surface area contributed by atoms with E-state index in [0.717, 1.165) is 17.2 Å². The standard InChI is InChI=1S/C25H25F2N3O3.ClH/c1-3-32-23(25(31)30-14-16-7-9-17(10-8-16)24(28)29)21-19(26)11-12-20(22(21)27)33-18-6-4-5-15(2)13-18;/h4-13,23H,3,14H2,1-2H3,(H3,28,29)(H,30,31);1H. The van der Waals surface area contributed by atoms with E-state index >= 15 is 4.39 Å². The number of nitrogen functional groups attached to an aromatic ring is 1. The molecule has 0 aliphatic heterocycles. The molecule has 34 heavy (non-hydrogen) atoms. The lowest BCUT2D eigenvalue weighted by molar-refractivity contribution is -0.133. The minimum absolute atomic E-state index is 0. The highest BCUT2D eigenvalue weighted by Crippen LogP contribution is 2.33. The molecule has 0 saturated heterocycles. The molecule has 0 bridgehead atoms. The first-order valence-electron chi connectivity index (χ1n) is 10.3. The quantitative estimate of drug-likeness (QED) is 0.285. The summed E-state index contributed by atoms with van der Waals surface area (Å²) in [5.41, 5.74) is 7.10. The number of rotatable bonds is 9. The van der Waals surface area contributed by atoms with Gasteiger partial charge in [-0.1, -0.05) is 36.4 Å². The summed E-state index contributed by atoms with van der Waals surface area (Å²) in [7, 11) is 0. The van der Waals surface area contributed by atoms with E-state index in [0.29, 0.717) is 11.3 Å². The molecule has 0 fully saturated rings. The highest BCUT2D eigenvalue weighted by Gasteiger charge is 2.30. The van der Waals surface area contributed by atoms with Gasteiger partial charge >= 0.3 is 0 Å². The van der Waals surface area contributed by atoms with Crippen LogP contribution in [-0.4, -0.2) is 18.3 Å². The number of aryl methyl sites for hydroxylation is 1. The number of hydrogen-bond donors (Lipinski definition) is 3. The normalized spacial score (nSPS) is 11.3. The number of benzene rings is 3. The highest BCUT2D eigenvalue weighted by atomic mass is 35.5. The summed E-state index contributed by atoms with van der Waals surface area (Å²) in [5.74, 6) is -2.51. The minimum atomic E-state index is -1.51. The third-order valence-electron chi connectivity index (χ3n) is 4.87. The average molecular weight is 490 g/mol. The van der Waals surface area contributed by atoms with Gasteiger partial charge in [-0.15, -0.1) is 12.4 Å². The molecule has 0 heterocycles. The van der Waals surface area contributed by atoms with Crippen LogP contribution in [0.5, 0.6) is 11.5 Å². The van der Waals surface area contributed by atoms with Gasteiger partial charge in [-0.05, 0) is 49.2 Å². The van der Waals surface area contributed by atoms with Crippen LogP contribution in [0.15, 0.2) is 60.7 Å². The molecule has 3 aromatic rings. The number of carbonyl (C=O) groups is 1. The van der Waals surface area contributed by atoms with E-state index in [1.165, 1.54) is 6.07 Å². The molecule has 4 N–H and O–H groups in total. The molecule has 180 valence electrons. The zero-order valence-corrected chi connectivity index (χ0v) is 19.5. The van der Waals surface area contributed by atoms with Gasteiger partial charge < -0.3 is 20.5 Å². The predicted octanol–water partition coefficient (Wildman–Crippen LogP) is 5.17. The third kappa shape index (κ3) is 6.52. The molecule has 0 radical (unpaired) electrons. The van der Waals surface area contributed by atoms with Crippen molar-refractivity contribution in [2.75, 3.05) is 6.61 Å². The van der Waals surface area contributed by atoms with Crippen molar-refractivity contribution in [3.05, 3.63) is 94.6 Å². The smallest absolute Gasteiger partial charge is 0.254 e. The van der Waals surface area contributed by atoms with Gasteiger partial charge in [-0.25, -0.2) is 8.78 Å². The van der Waals surface area contributed by atoms with Gasteiger partial charge in [0.15, 0.2) is 17.7 Å². The molecule has 3 rings (SSSR count). The monoisotopic (exact) mass is 489 g/mol. The zero-order chi connectivity index (χ0) is 24.0. The summed E-state index contributed by atoms with van der Waals surface area (Å²) in [5, 5.41) is 10.1. The Balaban J connectivity index is 0.00000408. The number of ether oxygens (including phenoxy) is 2. The Morgan fingerprint density at radius 1 is 1.12 bits per heavy atom. The summed E-state index contributed by atoms with van der Waals surface area (Å²) >= 11 is 0. The molecule has 6 nitrogen and oxygen atoms in total. The average Bonchev–Trinajstić information content (AvgIpc) is 2.79. The Kier molecular flexibility index (Phi) is 9.53. The number of amidine groups is 1. The van der Waals surface area contributed by atoms with E-state index < -0.39 is 29.2 Å². The van der Waals surface area contributed by atoms with Crippen molar-refractivity contribution in [1.29, 1.82) is 5.41 Å². The zero-order valence-electron chi connectivity index (χ0n) is 18.7. The fourth-order valence-electron chi connectivity index (χ4n) is 3.22. The van der Waals surface area contributed by atoms with Crippen molar-refractivity contribution in [3.63, 3.8) is 0 Å². The van der Waals surface area contributed by atoms with E-state index in [9.17, 15) is 9.18 Å². The molecule has 1 atom stereocenters. The molecule has 0 aliphatic rings. The number of nitrogens with two attached hydrogens (primary N) is 1. The van der Waals surface area contributed by atoms with E-state index in [1.807, 2.05) is 13.0 Å². The van der Waals surface area contributed by atoms with Crippen molar-refractivity contribution in [2.24, 2.45) is 5.73 Å². The van der Waals surface area contributed by atoms with E-state index in [-0.39, 0.29) is 37.1 Å². The molecule has 3 aromatic carbocycles. The molecule has 0 aliphatic carbocycles. The predicted molar refractivity (Wildman–Crippen MR) is 129 cm³/mol. The molecule has 1 unspecified atom stereocenters. The molecule has 1 amide bonds. The van der Waals surface area contributed by atoms with Gasteiger partial charge in [0.1, 0.15) is 17.4 Å². The maximum Gasteiger partial charge on any atom is 0.254 e. The van der Waals surface area contributed by atoms with Crippen LogP contribution in [0.25, 0.3) is 0 Å². The van der Waals surface area contributed by atoms with Crippen LogP contribution in [-0.2, 0) is 16.1 Å². The van der Waals surface area contributed by atoms with Gasteiger partial charge in [-0.3, -0.25) is 10.2 Å². The maximum atomic E-state index is 15.3. The van der Waals surface area contributed by atoms with Crippen molar-refractivity contribution >= 4 is 24.1 Å². The second-order valence-corrected chi connectivity index (χ2v) is 7.36. The lowest BCUT2D eigenvalue weighted by atomic mass is 10.1. The van der Waals surface area contributed by atoms with Crippen LogP contribution in [0, 0.1) is 24.0 Å². The van der Waals surface area contributed by atoms with E-state index in [4.69, 9.17) is 20.6 Å². The van der Waals surface area contributed by atoms with Crippen LogP contribution >= 0.6 is 12.4 Å². The summed E-state index contributed by atoms with van der Waals surface area (Å²) in [6.45, 7) is 3.66. The van der Waals surface area contributed by atoms with Crippen LogP contribution in [0.3, 0.4) is 0 Å². The van der Waals surface area contributed by atoms with Crippen molar-refractivity contribution < 1.29 is 23.0 Å². The fraction of sp³-hybridized carbons (Fsp3) is 0.200. The largest absolute Gasteiger partial charge is 0.454 e. The fourth-order valence-corrected chi connectivity index (χ4v) is 3.22. The first-order valence-corrected chi connectivity index (χ1v) is 10.3. The van der Waals surface area contributed by atoms with Gasteiger partial charge in [0.25, 0.3) is 5.91 Å². The second-order valence-electron chi connectivity index (χ2n) is 7.36. The van der Waals surface area contributed by atoms with Gasteiger partial charge in [-0.2, -0.15) is 0 Å². The maximum absolute atomic E-state index is 15.3. The van der Waals surface area contributed by atoms with E-state index in [2.05, 4.69) is 5.32 Å². The Morgan fingerprint density at radius 2 is 1.82 bits per heavy atom. The summed E-state index contributed by atoms with van der Waals surface area (Å²) < 4.78 is 41.0. The Bertz CT molecular complexity index is 1160. The number of hydrogen-bond acceptors (Lipinski definition) is 4. The molecule has 0 aromatic heterocycles. The Hall–Kier alpha value is -3.49. The van der Waals surface area contributed by atoms with Crippen molar-refractivity contribution in [1.82, 2.24) is 5.32 Å². The summed E-state index contributed by atoms with van der Waals surface area (Å²) in [6, 6.07) is 15.9. The number of halogens is 3. The van der Waals surface area contributed by atoms with Gasteiger partial charge in [0, 0.05) is 18.7 Å². The minimum Gasteiger partial charge on any atom is -0.454 e. The Labute approximate surface area is 203 Å². The Morgan fingerprint density at radius 3 is 2.44 bits per heavy atom. The van der Waals surface area contributed by atoms with E-state index in [1.54, 1.807) is 49.4 Å². The first-order chi connectivity index (χ1) is 15.8. The van der Waals surface area contributed by atoms with Crippen LogP contribution < -0.4 is 15.8 Å². The number of carbonyl (C=O) groups excluding carboxylic acids is 1. The SMILES string of the molecule is CCOC(C(=O)NCc1ccc(C(=N)N)cc1)c1c(F)ccc(Oc2cccc(C)c2)c1F.Cl. The second kappa shape index (κ2) is 12.1. The van der Waals surface area contributed by atoms with Gasteiger partial charge in [0.05, 0.1) is 5.56 Å². The summed E-state index contributed by atoms with van der Waals surface area (Å²) in [6.07, 6.45) is -1.51. The van der Waals surface area contributed by atoms with Crippen molar-refractivity contribution in [2.45, 2.75) is 26.5 Å². The molecular weight excluding hydrogens is 464 g/mol. The molecule has 0 saturated carbocycles. The third-order valence-corrected chi connectivity index (χ3v) is 4.87. The summed E-state index contributed by atoms with van der Waals surface area (Å²) in [4.78, 5) is 12.8. The van der Waals surface area contributed by atoms with Crippen LogP contribution in [0.1, 0.15) is 35.3 Å². The highest BCUT2D eigenvalue weighted by molar-refractivity contribution is 5.94. The van der Waals surface area contributed by atoms with Crippen LogP contribution in [0.4, 0.5) is 8.78 Å². The molecular formula is C25H26ClF2N3O3. The lowest BCUT2D eigenvalue weighted by Gasteiger charge is -2.20. The van der Waals surface area contributed by atoms with Crippen molar-refractivity contribution in [3.8, 4) is 11.5 Å². The first kappa shape index (κ1) is 26.8. The number of nitrogens with one attached hydrogen (secondary N) is 2. The number of amides is 1. The topological polar surface area (TPSA) is 97.4 Å². The molecule has 0 spiro atoms. The lowest BCUT2D eigenvalue weighted by Crippen LogP contribution is -2.31. The van der Waals surface area contributed by atoms with Gasteiger partial charge in [0.2, 0.25) is 0 Å². The van der Waals surface area contributed by atoms with Crippen LogP contribution in [0.2, 0.25) is 0 Å². The molecule has 9 heteroatoms.